The number of aliphatic hydroxyl groups excluding tert-OH is 1. The molecule has 0 bridgehead atoms. The molecule has 2 aliphatic carbocycles. The summed E-state index contributed by atoms with van der Waals surface area (Å²) in [7, 11) is 0. The summed E-state index contributed by atoms with van der Waals surface area (Å²) in [5.41, 5.74) is 0.380. The number of allylic oxidation sites excluding steroid dienone is 1. The number of aliphatic hydroxyl groups is 2. The molecule has 0 aromatic heterocycles. The number of carbonyl (C=O) groups excluding carboxylic acids is 2. The van der Waals surface area contributed by atoms with Crippen LogP contribution in [0.15, 0.2) is 23.3 Å². The number of carbonyl (C=O) groups is 2. The summed E-state index contributed by atoms with van der Waals surface area (Å²) in [5, 5.41) is 22.2. The lowest BCUT2D eigenvalue weighted by atomic mass is 9.44. The number of fused-ring (bicyclic) bond motifs is 1. The van der Waals surface area contributed by atoms with Gasteiger partial charge in [-0.2, -0.15) is 0 Å². The largest absolute Gasteiger partial charge is 0.454 e. The zero-order valence-electron chi connectivity index (χ0n) is 19.1. The topological polar surface area (TPSA) is 83.8 Å². The fourth-order valence-corrected chi connectivity index (χ4v) is 6.91. The molecule has 0 aromatic carbocycles. The van der Waals surface area contributed by atoms with E-state index in [1.807, 2.05) is 20.8 Å². The minimum atomic E-state index is -0.966. The molecule has 0 aromatic rings. The van der Waals surface area contributed by atoms with Crippen LogP contribution in [-0.2, 0) is 14.3 Å². The molecule has 7 atom stereocenters. The Balaban J connectivity index is 1.74. The second-order valence-electron chi connectivity index (χ2n) is 10.8. The highest BCUT2D eigenvalue weighted by Crippen LogP contribution is 2.62. The Morgan fingerprint density at radius 3 is 2.60 bits per heavy atom. The fourth-order valence-electron chi connectivity index (χ4n) is 6.91. The summed E-state index contributed by atoms with van der Waals surface area (Å²) in [6.07, 6.45) is 9.16. The summed E-state index contributed by atoms with van der Waals surface area (Å²) in [6.45, 7) is 9.99. The minimum absolute atomic E-state index is 0.00673. The first-order valence-corrected chi connectivity index (χ1v) is 11.3. The molecule has 0 saturated heterocycles. The van der Waals surface area contributed by atoms with E-state index >= 15 is 0 Å². The van der Waals surface area contributed by atoms with Crippen LogP contribution in [0.25, 0.3) is 0 Å². The molecule has 2 saturated carbocycles. The summed E-state index contributed by atoms with van der Waals surface area (Å²) in [5.74, 6) is -0.390. The Hall–Kier alpha value is -1.46. The van der Waals surface area contributed by atoms with E-state index in [9.17, 15) is 19.8 Å². The van der Waals surface area contributed by atoms with Crippen LogP contribution in [0.1, 0.15) is 79.6 Å². The van der Waals surface area contributed by atoms with Crippen LogP contribution in [0.5, 0.6) is 0 Å². The van der Waals surface area contributed by atoms with Crippen molar-refractivity contribution in [3.05, 3.63) is 23.3 Å². The average Bonchev–Trinajstić information content (AvgIpc) is 2.95. The van der Waals surface area contributed by atoms with Crippen LogP contribution in [0.2, 0.25) is 0 Å². The Kier molecular flexibility index (Phi) is 6.37. The van der Waals surface area contributed by atoms with Gasteiger partial charge < -0.3 is 19.7 Å². The van der Waals surface area contributed by atoms with E-state index in [2.05, 4.69) is 19.9 Å². The predicted molar refractivity (Wildman–Crippen MR) is 116 cm³/mol. The van der Waals surface area contributed by atoms with Gasteiger partial charge in [-0.25, -0.2) is 4.79 Å². The third kappa shape index (κ3) is 4.16. The van der Waals surface area contributed by atoms with Gasteiger partial charge in [-0.3, -0.25) is 0 Å². The molecule has 0 radical (unpaired) electrons. The molecule has 0 amide bonds. The van der Waals surface area contributed by atoms with Gasteiger partial charge in [-0.15, -0.1) is 0 Å². The first-order chi connectivity index (χ1) is 13.9. The van der Waals surface area contributed by atoms with Gasteiger partial charge in [0.2, 0.25) is 0 Å². The number of cyclic esters (lactones) is 1. The fraction of sp³-hybridized carbons (Fsp3) is 0.760. The van der Waals surface area contributed by atoms with Crippen molar-refractivity contribution in [1.82, 2.24) is 0 Å². The Bertz CT molecular complexity index is 751. The number of esters is 1. The van der Waals surface area contributed by atoms with E-state index in [0.717, 1.165) is 44.0 Å². The molecule has 2 fully saturated rings. The Morgan fingerprint density at radius 1 is 1.30 bits per heavy atom. The molecule has 5 heteroatoms. The average molecular weight is 419 g/mol. The minimum Gasteiger partial charge on any atom is -0.454 e. The van der Waals surface area contributed by atoms with Crippen molar-refractivity contribution in [2.24, 2.45) is 22.7 Å². The van der Waals surface area contributed by atoms with Crippen LogP contribution < -0.4 is 0 Å². The van der Waals surface area contributed by atoms with Crippen molar-refractivity contribution >= 4 is 12.3 Å². The highest BCUT2D eigenvalue weighted by atomic mass is 16.5. The maximum atomic E-state index is 12.0. The lowest BCUT2D eigenvalue weighted by Gasteiger charge is -2.62. The highest BCUT2D eigenvalue weighted by molar-refractivity contribution is 5.85. The van der Waals surface area contributed by atoms with Crippen molar-refractivity contribution in [3.8, 4) is 0 Å². The normalized spacial score (nSPS) is 44.3. The molecule has 168 valence electrons. The van der Waals surface area contributed by atoms with Crippen LogP contribution >= 0.6 is 0 Å². The zero-order valence-corrected chi connectivity index (χ0v) is 19.1. The lowest BCUT2D eigenvalue weighted by molar-refractivity contribution is -0.213. The van der Waals surface area contributed by atoms with E-state index in [0.29, 0.717) is 12.8 Å². The van der Waals surface area contributed by atoms with Crippen molar-refractivity contribution in [1.29, 1.82) is 0 Å². The molecule has 3 rings (SSSR count). The number of hydrogen-bond acceptors (Lipinski definition) is 5. The van der Waals surface area contributed by atoms with Gasteiger partial charge in [0.1, 0.15) is 12.4 Å². The third-order valence-electron chi connectivity index (χ3n) is 8.29. The number of ether oxygens (including phenoxy) is 1. The van der Waals surface area contributed by atoms with Gasteiger partial charge in [-0.1, -0.05) is 31.9 Å². The van der Waals surface area contributed by atoms with Crippen molar-refractivity contribution < 1.29 is 24.5 Å². The SMILES string of the molecule is CC(=CCC1OC(=O)C=C1C)CCC1C(C)(O)CC(O)C2C(C)(C=O)CCCC12C. The second-order valence-corrected chi connectivity index (χ2v) is 10.8. The van der Waals surface area contributed by atoms with E-state index in [1.54, 1.807) is 6.08 Å². The first-order valence-electron chi connectivity index (χ1n) is 11.3. The van der Waals surface area contributed by atoms with Crippen LogP contribution in [0, 0.1) is 22.7 Å². The third-order valence-corrected chi connectivity index (χ3v) is 8.29. The molecule has 1 aliphatic heterocycles. The number of hydrogen-bond donors (Lipinski definition) is 2. The second kappa shape index (κ2) is 8.23. The standard InChI is InChI=1S/C25H38O5/c1-16(7-9-19-17(2)13-21(28)30-19)8-10-20-24(4)12-6-11-23(3,15-26)22(24)18(27)14-25(20,5)29/h7,13,15,18-20,22,27,29H,6,8-12,14H2,1-5H3. The lowest BCUT2D eigenvalue weighted by Crippen LogP contribution is -2.63. The number of aldehydes is 1. The smallest absolute Gasteiger partial charge is 0.331 e. The van der Waals surface area contributed by atoms with Crippen LogP contribution in [0.3, 0.4) is 0 Å². The van der Waals surface area contributed by atoms with Crippen molar-refractivity contribution in [3.63, 3.8) is 0 Å². The van der Waals surface area contributed by atoms with Crippen molar-refractivity contribution in [2.45, 2.75) is 97.4 Å². The van der Waals surface area contributed by atoms with Gasteiger partial charge in [0.25, 0.3) is 0 Å². The summed E-state index contributed by atoms with van der Waals surface area (Å²) >= 11 is 0. The molecule has 2 N–H and O–H groups in total. The van der Waals surface area contributed by atoms with E-state index < -0.39 is 17.1 Å². The quantitative estimate of drug-likeness (QED) is 0.385. The molecule has 1 heterocycles. The van der Waals surface area contributed by atoms with Gasteiger partial charge in [-0.05, 0) is 63.4 Å². The first kappa shape index (κ1) is 23.2. The molecule has 30 heavy (non-hydrogen) atoms. The highest BCUT2D eigenvalue weighted by Gasteiger charge is 2.62. The predicted octanol–water partition coefficient (Wildman–Crippen LogP) is 4.12. The van der Waals surface area contributed by atoms with Gasteiger partial charge in [0.05, 0.1) is 11.7 Å². The summed E-state index contributed by atoms with van der Waals surface area (Å²) in [6, 6.07) is 0. The van der Waals surface area contributed by atoms with E-state index in [4.69, 9.17) is 4.74 Å². The maximum absolute atomic E-state index is 12.0. The van der Waals surface area contributed by atoms with Gasteiger partial charge >= 0.3 is 5.97 Å². The van der Waals surface area contributed by atoms with Gasteiger partial charge in [0, 0.05) is 30.3 Å². The van der Waals surface area contributed by atoms with Crippen LogP contribution in [-0.4, -0.2) is 40.3 Å². The summed E-state index contributed by atoms with van der Waals surface area (Å²) in [4.78, 5) is 23.4. The monoisotopic (exact) mass is 418 g/mol. The van der Waals surface area contributed by atoms with Crippen LogP contribution in [0.4, 0.5) is 0 Å². The Morgan fingerprint density at radius 2 is 2.00 bits per heavy atom. The molecule has 0 spiro atoms. The number of rotatable bonds is 6. The summed E-state index contributed by atoms with van der Waals surface area (Å²) < 4.78 is 5.31. The van der Waals surface area contributed by atoms with E-state index in [-0.39, 0.29) is 29.3 Å². The van der Waals surface area contributed by atoms with Crippen molar-refractivity contribution in [2.75, 3.05) is 0 Å². The molecular weight excluding hydrogens is 380 g/mol. The van der Waals surface area contributed by atoms with E-state index in [1.165, 1.54) is 5.57 Å². The zero-order chi connectivity index (χ0) is 22.3. The molecular formula is C25H38O5. The Labute approximate surface area is 180 Å². The molecule has 5 nitrogen and oxygen atoms in total. The van der Waals surface area contributed by atoms with Gasteiger partial charge in [0.15, 0.2) is 0 Å². The molecule has 7 unspecified atom stereocenters. The molecule has 3 aliphatic rings. The maximum Gasteiger partial charge on any atom is 0.331 e.